The molecule has 0 amide bonds. The van der Waals surface area contributed by atoms with Gasteiger partial charge in [-0.25, -0.2) is 13.4 Å². The highest BCUT2D eigenvalue weighted by molar-refractivity contribution is 9.10. The number of nitrogens with one attached hydrogen (secondary N) is 1. The number of benzene rings is 2. The number of rotatable bonds is 8. The molecule has 198 valence electrons. The molecule has 0 unspecified atom stereocenters. The summed E-state index contributed by atoms with van der Waals surface area (Å²) in [6.45, 7) is 6.87. The van der Waals surface area contributed by atoms with Crippen molar-refractivity contribution in [3.05, 3.63) is 81.8 Å². The number of sulfonamides is 1. The van der Waals surface area contributed by atoms with Gasteiger partial charge in [0.2, 0.25) is 10.0 Å². The normalized spacial score (nSPS) is 19.5. The summed E-state index contributed by atoms with van der Waals surface area (Å²) >= 11 is 3.61. The summed E-state index contributed by atoms with van der Waals surface area (Å²) in [6, 6.07) is 16.1. The molecule has 1 aromatic heterocycles. The molecule has 0 saturated carbocycles. The first-order valence-electron chi connectivity index (χ1n) is 12.7. The number of aromatic nitrogens is 2. The first-order chi connectivity index (χ1) is 17.9. The fraction of sp³-hybridized carbons (Fsp3) is 0.444. The number of hydrogen-bond donors (Lipinski definition) is 1. The average Bonchev–Trinajstić information content (AvgIpc) is 3.24. The number of morpholine rings is 1. The van der Waals surface area contributed by atoms with Crippen LogP contribution in [0.2, 0.25) is 0 Å². The van der Waals surface area contributed by atoms with E-state index in [9.17, 15) is 8.42 Å². The van der Waals surface area contributed by atoms with Crippen molar-refractivity contribution in [1.29, 1.82) is 0 Å². The van der Waals surface area contributed by atoms with Crippen molar-refractivity contribution < 1.29 is 13.2 Å². The van der Waals surface area contributed by atoms with Crippen LogP contribution < -0.4 is 4.90 Å². The lowest BCUT2D eigenvalue weighted by Gasteiger charge is -2.33. The fourth-order valence-corrected chi connectivity index (χ4v) is 7.27. The Labute approximate surface area is 227 Å². The summed E-state index contributed by atoms with van der Waals surface area (Å²) in [7, 11) is -3.53. The molecule has 0 aliphatic carbocycles. The molecule has 0 radical (unpaired) electrons. The summed E-state index contributed by atoms with van der Waals surface area (Å²) in [5.74, 6) is 0.968. The summed E-state index contributed by atoms with van der Waals surface area (Å²) in [5, 5.41) is 0. The van der Waals surface area contributed by atoms with E-state index in [1.165, 1.54) is 0 Å². The van der Waals surface area contributed by atoms with E-state index in [1.54, 1.807) is 4.31 Å². The van der Waals surface area contributed by atoms with Gasteiger partial charge in [0.05, 0.1) is 37.4 Å². The number of fused-ring (bicyclic) bond motifs is 1. The third-order valence-electron chi connectivity index (χ3n) is 7.10. The van der Waals surface area contributed by atoms with Crippen molar-refractivity contribution in [3.8, 4) is 0 Å². The van der Waals surface area contributed by atoms with Crippen molar-refractivity contribution >= 4 is 31.6 Å². The zero-order valence-electron chi connectivity index (χ0n) is 21.1. The van der Waals surface area contributed by atoms with Crippen LogP contribution in [0, 0.1) is 6.92 Å². The molecule has 1 saturated heterocycles. The Morgan fingerprint density at radius 1 is 1.14 bits per heavy atom. The number of aromatic amines is 1. The molecule has 1 N–H and O–H groups in total. The van der Waals surface area contributed by atoms with Crippen LogP contribution in [0.15, 0.2) is 59.2 Å². The fourth-order valence-electron chi connectivity index (χ4n) is 5.20. The van der Waals surface area contributed by atoms with E-state index >= 15 is 0 Å². The Kier molecular flexibility index (Phi) is 8.31. The number of aryl methyl sites for hydroxylation is 1. The standard InChI is InChI=1S/C27H34BrN5O3S/c1-21-29-17-25(30-21)19-32-20-26(15-22-5-3-2-4-6-22)33(18-23-16-24(28)7-8-27(23)32)37(34,35)14-11-31-9-12-36-13-10-31/h2-8,16-17,26H,9-15,18-20H2,1H3,(H,29,30)/t26-/m1/s1. The van der Waals surface area contributed by atoms with Crippen molar-refractivity contribution in [3.63, 3.8) is 0 Å². The number of H-pyrrole nitrogens is 1. The largest absolute Gasteiger partial charge is 0.379 e. The second-order valence-corrected chi connectivity index (χ2v) is 12.8. The quantitative estimate of drug-likeness (QED) is 0.434. The van der Waals surface area contributed by atoms with Crippen LogP contribution in [0.25, 0.3) is 0 Å². The molecule has 2 aliphatic heterocycles. The first kappa shape index (κ1) is 26.4. The van der Waals surface area contributed by atoms with Gasteiger partial charge in [0.25, 0.3) is 0 Å². The monoisotopic (exact) mass is 587 g/mol. The number of nitrogens with zero attached hydrogens (tertiary/aromatic N) is 4. The molecule has 8 nitrogen and oxygen atoms in total. The van der Waals surface area contributed by atoms with Crippen LogP contribution in [0.3, 0.4) is 0 Å². The predicted octanol–water partition coefficient (Wildman–Crippen LogP) is 3.58. The lowest BCUT2D eigenvalue weighted by atomic mass is 10.1. The van der Waals surface area contributed by atoms with E-state index in [-0.39, 0.29) is 11.8 Å². The third-order valence-corrected chi connectivity index (χ3v) is 9.44. The van der Waals surface area contributed by atoms with Crippen molar-refractivity contribution in [2.24, 2.45) is 0 Å². The zero-order valence-corrected chi connectivity index (χ0v) is 23.5. The van der Waals surface area contributed by atoms with Crippen molar-refractivity contribution in [2.75, 3.05) is 50.0 Å². The maximum atomic E-state index is 14.0. The van der Waals surface area contributed by atoms with Gasteiger partial charge >= 0.3 is 0 Å². The third kappa shape index (κ3) is 6.61. The summed E-state index contributed by atoms with van der Waals surface area (Å²) in [6.07, 6.45) is 2.51. The van der Waals surface area contributed by atoms with Crippen LogP contribution in [-0.2, 0) is 34.3 Å². The molecule has 3 heterocycles. The van der Waals surface area contributed by atoms with E-state index in [0.717, 1.165) is 45.9 Å². The van der Waals surface area contributed by atoms with Crippen LogP contribution in [0.5, 0.6) is 0 Å². The van der Waals surface area contributed by atoms with Gasteiger partial charge in [0.15, 0.2) is 0 Å². The van der Waals surface area contributed by atoms with Gasteiger partial charge in [0.1, 0.15) is 5.82 Å². The van der Waals surface area contributed by atoms with Gasteiger partial charge in [-0.1, -0.05) is 46.3 Å². The molecular weight excluding hydrogens is 554 g/mol. The Balaban J connectivity index is 1.48. The molecule has 1 atom stereocenters. The Hall–Kier alpha value is -2.24. The van der Waals surface area contributed by atoms with E-state index in [2.05, 4.69) is 60.0 Å². The molecule has 2 aliphatic rings. The minimum Gasteiger partial charge on any atom is -0.379 e. The summed E-state index contributed by atoms with van der Waals surface area (Å²) in [4.78, 5) is 12.2. The molecule has 2 aromatic carbocycles. The SMILES string of the molecule is Cc1ncc(CN2C[C@@H](Cc3ccccc3)N(S(=O)(=O)CCN3CCOCC3)Cc3cc(Br)ccc32)[nH]1. The highest BCUT2D eigenvalue weighted by Gasteiger charge is 2.36. The molecule has 5 rings (SSSR count). The first-order valence-corrected chi connectivity index (χ1v) is 15.1. The smallest absolute Gasteiger partial charge is 0.215 e. The van der Waals surface area contributed by atoms with Crippen LogP contribution in [0.1, 0.15) is 22.6 Å². The summed E-state index contributed by atoms with van der Waals surface area (Å²) < 4.78 is 36.1. The van der Waals surface area contributed by atoms with E-state index in [4.69, 9.17) is 4.74 Å². The Morgan fingerprint density at radius 3 is 2.65 bits per heavy atom. The number of halogens is 1. The molecule has 1 fully saturated rings. The zero-order chi connectivity index (χ0) is 25.8. The van der Waals surface area contributed by atoms with Crippen LogP contribution in [0.4, 0.5) is 5.69 Å². The van der Waals surface area contributed by atoms with E-state index < -0.39 is 10.0 Å². The molecule has 0 bridgehead atoms. The Morgan fingerprint density at radius 2 is 1.92 bits per heavy atom. The van der Waals surface area contributed by atoms with Gasteiger partial charge in [-0.05, 0) is 42.7 Å². The second-order valence-electron chi connectivity index (χ2n) is 9.81. The van der Waals surface area contributed by atoms with Crippen LogP contribution in [-0.4, -0.2) is 78.8 Å². The molecular formula is C27H34BrN5O3S. The van der Waals surface area contributed by atoms with Gasteiger partial charge in [-0.15, -0.1) is 0 Å². The Bertz CT molecular complexity index is 1290. The highest BCUT2D eigenvalue weighted by Crippen LogP contribution is 2.33. The van der Waals surface area contributed by atoms with Gasteiger partial charge in [-0.3, -0.25) is 4.90 Å². The maximum absolute atomic E-state index is 14.0. The summed E-state index contributed by atoms with van der Waals surface area (Å²) in [5.41, 5.74) is 4.19. The van der Waals surface area contributed by atoms with E-state index in [0.29, 0.717) is 45.8 Å². The average molecular weight is 589 g/mol. The van der Waals surface area contributed by atoms with Gasteiger partial charge in [-0.2, -0.15) is 4.31 Å². The number of hydrogen-bond acceptors (Lipinski definition) is 6. The maximum Gasteiger partial charge on any atom is 0.215 e. The van der Waals surface area contributed by atoms with Crippen LogP contribution >= 0.6 is 15.9 Å². The number of imidazole rings is 1. The van der Waals surface area contributed by atoms with Gasteiger partial charge < -0.3 is 14.6 Å². The molecule has 0 spiro atoms. The second kappa shape index (κ2) is 11.7. The van der Waals surface area contributed by atoms with Gasteiger partial charge in [0, 0.05) is 48.9 Å². The molecule has 10 heteroatoms. The molecule has 37 heavy (non-hydrogen) atoms. The minimum atomic E-state index is -3.53. The lowest BCUT2D eigenvalue weighted by molar-refractivity contribution is 0.0406. The molecule has 3 aromatic rings. The highest BCUT2D eigenvalue weighted by atomic mass is 79.9. The van der Waals surface area contributed by atoms with Crippen molar-refractivity contribution in [2.45, 2.75) is 32.5 Å². The topological polar surface area (TPSA) is 81.8 Å². The van der Waals surface area contributed by atoms with Crippen molar-refractivity contribution in [1.82, 2.24) is 19.2 Å². The minimum absolute atomic E-state index is 0.0986. The number of ether oxygens (including phenoxy) is 1. The lowest BCUT2D eigenvalue weighted by Crippen LogP contribution is -2.48. The number of anilines is 1. The van der Waals surface area contributed by atoms with E-state index in [1.807, 2.05) is 37.4 Å². The predicted molar refractivity (Wildman–Crippen MR) is 149 cm³/mol.